The fraction of sp³-hybridized carbons (Fsp3) is 0.600. The third kappa shape index (κ3) is 6.44. The van der Waals surface area contributed by atoms with Crippen LogP contribution in [-0.4, -0.2) is 17.3 Å². The van der Waals surface area contributed by atoms with Gasteiger partial charge in [0, 0.05) is 13.1 Å². The molecule has 0 saturated heterocycles. The van der Waals surface area contributed by atoms with Gasteiger partial charge in [0.1, 0.15) is 5.82 Å². The van der Waals surface area contributed by atoms with Gasteiger partial charge in [-0.2, -0.15) is 13.2 Å². The number of alkyl halides is 3. The normalized spacial score (nSPS) is 15.3. The van der Waals surface area contributed by atoms with Crippen LogP contribution in [0.4, 0.5) is 17.6 Å². The SMILES string of the molecule is CC(C)CC(C)(O)CNCc1cc(F)cc(C(F)(F)F)c1. The van der Waals surface area contributed by atoms with Crippen molar-refractivity contribution in [1.82, 2.24) is 5.32 Å². The van der Waals surface area contributed by atoms with Gasteiger partial charge in [0.05, 0.1) is 11.2 Å². The van der Waals surface area contributed by atoms with Gasteiger partial charge < -0.3 is 10.4 Å². The predicted molar refractivity (Wildman–Crippen MR) is 73.2 cm³/mol. The van der Waals surface area contributed by atoms with Crippen LogP contribution in [0.15, 0.2) is 18.2 Å². The Balaban J connectivity index is 2.66. The van der Waals surface area contributed by atoms with Crippen molar-refractivity contribution in [2.75, 3.05) is 6.54 Å². The summed E-state index contributed by atoms with van der Waals surface area (Å²) in [5.41, 5.74) is -1.76. The molecule has 1 unspecified atom stereocenters. The number of hydrogen-bond donors (Lipinski definition) is 2. The number of nitrogens with one attached hydrogen (secondary N) is 1. The van der Waals surface area contributed by atoms with Gasteiger partial charge in [0.25, 0.3) is 0 Å². The lowest BCUT2D eigenvalue weighted by Crippen LogP contribution is -2.38. The molecule has 0 aliphatic heterocycles. The molecule has 0 fully saturated rings. The van der Waals surface area contributed by atoms with Gasteiger partial charge in [-0.3, -0.25) is 0 Å². The van der Waals surface area contributed by atoms with Crippen molar-refractivity contribution in [3.8, 4) is 0 Å². The van der Waals surface area contributed by atoms with Crippen LogP contribution in [0.25, 0.3) is 0 Å². The highest BCUT2D eigenvalue weighted by Crippen LogP contribution is 2.30. The second-order valence-corrected chi connectivity index (χ2v) is 6.04. The fourth-order valence-electron chi connectivity index (χ4n) is 2.34. The molecule has 0 amide bonds. The van der Waals surface area contributed by atoms with Gasteiger partial charge in [-0.05, 0) is 43.0 Å². The minimum Gasteiger partial charge on any atom is -0.389 e. The third-order valence-electron chi connectivity index (χ3n) is 2.97. The number of hydrogen-bond acceptors (Lipinski definition) is 2. The van der Waals surface area contributed by atoms with E-state index in [1.54, 1.807) is 6.92 Å². The van der Waals surface area contributed by atoms with Crippen molar-refractivity contribution in [2.24, 2.45) is 5.92 Å². The van der Waals surface area contributed by atoms with Crippen LogP contribution >= 0.6 is 0 Å². The first-order valence-electron chi connectivity index (χ1n) is 6.79. The number of rotatable bonds is 6. The second kappa shape index (κ2) is 6.75. The Labute approximate surface area is 122 Å². The van der Waals surface area contributed by atoms with E-state index in [1.165, 1.54) is 0 Å². The summed E-state index contributed by atoms with van der Waals surface area (Å²) >= 11 is 0. The molecule has 1 aromatic carbocycles. The molecule has 0 bridgehead atoms. The van der Waals surface area contributed by atoms with E-state index >= 15 is 0 Å². The lowest BCUT2D eigenvalue weighted by molar-refractivity contribution is -0.137. The third-order valence-corrected chi connectivity index (χ3v) is 2.97. The van der Waals surface area contributed by atoms with Gasteiger partial charge in [-0.1, -0.05) is 13.8 Å². The zero-order valence-corrected chi connectivity index (χ0v) is 12.4. The highest BCUT2D eigenvalue weighted by atomic mass is 19.4. The maximum Gasteiger partial charge on any atom is 0.416 e. The van der Waals surface area contributed by atoms with Gasteiger partial charge >= 0.3 is 6.18 Å². The zero-order chi connectivity index (χ0) is 16.3. The van der Waals surface area contributed by atoms with Gasteiger partial charge in [0.15, 0.2) is 0 Å². The summed E-state index contributed by atoms with van der Waals surface area (Å²) in [7, 11) is 0. The minimum absolute atomic E-state index is 0.0646. The average Bonchev–Trinajstić information content (AvgIpc) is 2.24. The highest BCUT2D eigenvalue weighted by molar-refractivity contribution is 5.26. The summed E-state index contributed by atoms with van der Waals surface area (Å²) < 4.78 is 50.9. The van der Waals surface area contributed by atoms with E-state index in [9.17, 15) is 22.7 Å². The van der Waals surface area contributed by atoms with Crippen molar-refractivity contribution in [3.05, 3.63) is 35.1 Å². The Morgan fingerprint density at radius 3 is 2.33 bits per heavy atom. The van der Waals surface area contributed by atoms with E-state index in [0.29, 0.717) is 18.4 Å². The molecule has 0 aromatic heterocycles. The lowest BCUT2D eigenvalue weighted by atomic mass is 9.94. The summed E-state index contributed by atoms with van der Waals surface area (Å²) in [6, 6.07) is 2.44. The van der Waals surface area contributed by atoms with Crippen LogP contribution < -0.4 is 5.32 Å². The van der Waals surface area contributed by atoms with E-state index in [2.05, 4.69) is 5.32 Å². The predicted octanol–water partition coefficient (Wildman–Crippen LogP) is 3.73. The van der Waals surface area contributed by atoms with E-state index in [4.69, 9.17) is 0 Å². The molecule has 0 saturated carbocycles. The van der Waals surface area contributed by atoms with Crippen LogP contribution in [0.1, 0.15) is 38.3 Å². The van der Waals surface area contributed by atoms with E-state index in [1.807, 2.05) is 13.8 Å². The van der Waals surface area contributed by atoms with Gasteiger partial charge in [-0.15, -0.1) is 0 Å². The van der Waals surface area contributed by atoms with Crippen LogP contribution in [0, 0.1) is 11.7 Å². The Morgan fingerprint density at radius 1 is 1.19 bits per heavy atom. The molecule has 0 radical (unpaired) electrons. The maximum absolute atomic E-state index is 13.2. The van der Waals surface area contributed by atoms with Gasteiger partial charge in [-0.25, -0.2) is 4.39 Å². The molecule has 21 heavy (non-hydrogen) atoms. The molecular weight excluding hydrogens is 286 g/mol. The van der Waals surface area contributed by atoms with Crippen molar-refractivity contribution in [2.45, 2.75) is 45.5 Å². The summed E-state index contributed by atoms with van der Waals surface area (Å²) in [5.74, 6) is -0.622. The van der Waals surface area contributed by atoms with Crippen molar-refractivity contribution in [3.63, 3.8) is 0 Å². The topological polar surface area (TPSA) is 32.3 Å². The Kier molecular flexibility index (Phi) is 5.75. The van der Waals surface area contributed by atoms with Crippen molar-refractivity contribution < 1.29 is 22.7 Å². The fourth-order valence-corrected chi connectivity index (χ4v) is 2.34. The molecule has 0 aliphatic carbocycles. The zero-order valence-electron chi connectivity index (χ0n) is 12.4. The van der Waals surface area contributed by atoms with Crippen molar-refractivity contribution >= 4 is 0 Å². The summed E-state index contributed by atoms with van der Waals surface area (Å²) in [6.45, 7) is 5.89. The second-order valence-electron chi connectivity index (χ2n) is 6.04. The number of halogens is 4. The number of aliphatic hydroxyl groups is 1. The first-order chi connectivity index (χ1) is 9.49. The van der Waals surface area contributed by atoms with E-state index < -0.39 is 23.2 Å². The smallest absolute Gasteiger partial charge is 0.389 e. The molecular formula is C15H21F4NO. The van der Waals surface area contributed by atoms with Crippen LogP contribution in [0.3, 0.4) is 0 Å². The molecule has 1 rings (SSSR count). The Hall–Kier alpha value is -1.14. The highest BCUT2D eigenvalue weighted by Gasteiger charge is 2.31. The first kappa shape index (κ1) is 17.9. The molecule has 1 atom stereocenters. The Bertz CT molecular complexity index is 469. The molecule has 6 heteroatoms. The van der Waals surface area contributed by atoms with Crippen molar-refractivity contribution in [1.29, 1.82) is 0 Å². The van der Waals surface area contributed by atoms with Crippen LogP contribution in [0.5, 0.6) is 0 Å². The van der Waals surface area contributed by atoms with E-state index in [0.717, 1.165) is 12.1 Å². The molecule has 2 N–H and O–H groups in total. The molecule has 1 aromatic rings. The summed E-state index contributed by atoms with van der Waals surface area (Å²) in [4.78, 5) is 0. The molecule has 2 nitrogen and oxygen atoms in total. The Morgan fingerprint density at radius 2 is 1.81 bits per heavy atom. The monoisotopic (exact) mass is 307 g/mol. The standard InChI is InChI=1S/C15H21F4NO/c1-10(2)7-14(3,21)9-20-8-11-4-12(15(17,18)19)6-13(16)5-11/h4-6,10,20-21H,7-9H2,1-3H3. The quantitative estimate of drug-likeness (QED) is 0.785. The molecule has 0 heterocycles. The first-order valence-corrected chi connectivity index (χ1v) is 6.79. The van der Waals surface area contributed by atoms with Gasteiger partial charge in [0.2, 0.25) is 0 Å². The minimum atomic E-state index is -4.57. The number of benzene rings is 1. The molecule has 120 valence electrons. The van der Waals surface area contributed by atoms with Crippen LogP contribution in [-0.2, 0) is 12.7 Å². The largest absolute Gasteiger partial charge is 0.416 e. The molecule has 0 aliphatic rings. The summed E-state index contributed by atoms with van der Waals surface area (Å²) in [5, 5.41) is 13.0. The van der Waals surface area contributed by atoms with E-state index in [-0.39, 0.29) is 18.7 Å². The average molecular weight is 307 g/mol. The van der Waals surface area contributed by atoms with Crippen LogP contribution in [0.2, 0.25) is 0 Å². The molecule has 0 spiro atoms. The summed E-state index contributed by atoms with van der Waals surface area (Å²) in [6.07, 6.45) is -4.00. The maximum atomic E-state index is 13.2. The lowest BCUT2D eigenvalue weighted by Gasteiger charge is -2.25.